The van der Waals surface area contributed by atoms with Crippen molar-refractivity contribution in [2.24, 2.45) is 5.92 Å². The lowest BCUT2D eigenvalue weighted by atomic mass is 10.0. The monoisotopic (exact) mass is 244 g/mol. The molecule has 1 amide bonds. The topological polar surface area (TPSA) is 41.6 Å². The third-order valence-electron chi connectivity index (χ3n) is 3.56. The minimum absolute atomic E-state index is 0.112. The molecule has 17 heavy (non-hydrogen) atoms. The quantitative estimate of drug-likeness (QED) is 0.761. The second-order valence-electron chi connectivity index (χ2n) is 5.95. The van der Waals surface area contributed by atoms with E-state index in [-0.39, 0.29) is 24.1 Å². The van der Waals surface area contributed by atoms with Crippen LogP contribution in [0.2, 0.25) is 0 Å². The summed E-state index contributed by atoms with van der Waals surface area (Å²) in [6.07, 6.45) is -0.625. The standard InChI is InChI=1S/C12H21FN2O2/c1-12(2,3)17-11(16)15-6-7-5-8(15)9(13)10(7)14-4/h7-10,14H,5-6H2,1-4H3/t7?,8?,9-,10+/m0/s1. The number of nitrogens with one attached hydrogen (secondary N) is 1. The van der Waals surface area contributed by atoms with Gasteiger partial charge in [-0.25, -0.2) is 9.18 Å². The molecule has 5 heteroatoms. The molecule has 0 radical (unpaired) electrons. The van der Waals surface area contributed by atoms with E-state index in [0.717, 1.165) is 6.42 Å². The zero-order valence-corrected chi connectivity index (χ0v) is 10.9. The molecular weight excluding hydrogens is 223 g/mol. The van der Waals surface area contributed by atoms with Gasteiger partial charge in [-0.1, -0.05) is 0 Å². The van der Waals surface area contributed by atoms with E-state index in [9.17, 15) is 9.18 Å². The average molecular weight is 244 g/mol. The Labute approximate surface area is 101 Å². The second kappa shape index (κ2) is 4.12. The van der Waals surface area contributed by atoms with Gasteiger partial charge in [0.05, 0.1) is 6.04 Å². The summed E-state index contributed by atoms with van der Waals surface area (Å²) in [6.45, 7) is 6.07. The molecule has 2 unspecified atom stereocenters. The van der Waals surface area contributed by atoms with Crippen molar-refractivity contribution in [3.05, 3.63) is 0 Å². The average Bonchev–Trinajstić information content (AvgIpc) is 2.71. The van der Waals surface area contributed by atoms with Crippen LogP contribution in [0.4, 0.5) is 9.18 Å². The summed E-state index contributed by atoms with van der Waals surface area (Å²) in [5, 5.41) is 3.00. The van der Waals surface area contributed by atoms with Gasteiger partial charge in [-0.2, -0.15) is 0 Å². The summed E-state index contributed by atoms with van der Waals surface area (Å²) < 4.78 is 19.3. The molecule has 2 rings (SSSR count). The van der Waals surface area contributed by atoms with Crippen LogP contribution in [-0.4, -0.2) is 48.4 Å². The molecule has 0 spiro atoms. The van der Waals surface area contributed by atoms with Crippen LogP contribution in [0.3, 0.4) is 0 Å². The normalized spacial score (nSPS) is 36.4. The number of hydrogen-bond acceptors (Lipinski definition) is 3. The highest BCUT2D eigenvalue weighted by Crippen LogP contribution is 2.40. The van der Waals surface area contributed by atoms with Crippen molar-refractivity contribution < 1.29 is 13.9 Å². The smallest absolute Gasteiger partial charge is 0.410 e. The zero-order chi connectivity index (χ0) is 12.8. The van der Waals surface area contributed by atoms with Gasteiger partial charge in [0.1, 0.15) is 11.8 Å². The highest BCUT2D eigenvalue weighted by atomic mass is 19.1. The van der Waals surface area contributed by atoms with Crippen molar-refractivity contribution >= 4 is 6.09 Å². The molecule has 1 saturated heterocycles. The Balaban J connectivity index is 2.01. The van der Waals surface area contributed by atoms with Gasteiger partial charge >= 0.3 is 6.09 Å². The number of likely N-dealkylation sites (tertiary alicyclic amines) is 1. The number of amides is 1. The molecule has 1 heterocycles. The molecule has 1 aliphatic heterocycles. The lowest BCUT2D eigenvalue weighted by molar-refractivity contribution is 0.00608. The van der Waals surface area contributed by atoms with Crippen LogP contribution in [0.5, 0.6) is 0 Å². The lowest BCUT2D eigenvalue weighted by Crippen LogP contribution is -2.53. The van der Waals surface area contributed by atoms with E-state index in [1.807, 2.05) is 20.8 Å². The maximum Gasteiger partial charge on any atom is 0.410 e. The molecule has 4 atom stereocenters. The number of rotatable bonds is 1. The summed E-state index contributed by atoms with van der Waals surface area (Å²) in [5.74, 6) is 0.215. The molecule has 4 nitrogen and oxygen atoms in total. The predicted octanol–water partition coefficient (Wildman–Crippen LogP) is 1.55. The first-order valence-corrected chi connectivity index (χ1v) is 6.14. The van der Waals surface area contributed by atoms with Crippen molar-refractivity contribution in [1.82, 2.24) is 10.2 Å². The Morgan fingerprint density at radius 1 is 1.47 bits per heavy atom. The number of carbonyl (C=O) groups excluding carboxylic acids is 1. The molecule has 2 bridgehead atoms. The molecule has 2 fully saturated rings. The third kappa shape index (κ3) is 2.25. The van der Waals surface area contributed by atoms with Crippen LogP contribution < -0.4 is 5.32 Å². The van der Waals surface area contributed by atoms with E-state index in [4.69, 9.17) is 4.74 Å². The van der Waals surface area contributed by atoms with E-state index in [2.05, 4.69) is 5.32 Å². The van der Waals surface area contributed by atoms with Crippen molar-refractivity contribution in [3.63, 3.8) is 0 Å². The molecule has 1 aliphatic carbocycles. The number of alkyl halides is 1. The van der Waals surface area contributed by atoms with E-state index >= 15 is 0 Å². The third-order valence-corrected chi connectivity index (χ3v) is 3.56. The molecule has 0 aromatic rings. The SMILES string of the molecule is CN[C@@H]1C2CC([C@@H]1F)N(C(=O)OC(C)(C)C)C2. The number of nitrogens with zero attached hydrogens (tertiary/aromatic N) is 1. The van der Waals surface area contributed by atoms with Gasteiger partial charge in [-0.05, 0) is 40.2 Å². The Kier molecular flexibility index (Phi) is 3.06. The predicted molar refractivity (Wildman–Crippen MR) is 62.6 cm³/mol. The van der Waals surface area contributed by atoms with E-state index < -0.39 is 11.8 Å². The number of halogens is 1. The van der Waals surface area contributed by atoms with Crippen molar-refractivity contribution in [1.29, 1.82) is 0 Å². The van der Waals surface area contributed by atoms with Crippen molar-refractivity contribution in [3.8, 4) is 0 Å². The van der Waals surface area contributed by atoms with Gasteiger partial charge < -0.3 is 15.0 Å². The van der Waals surface area contributed by atoms with Crippen molar-refractivity contribution in [2.75, 3.05) is 13.6 Å². The van der Waals surface area contributed by atoms with Gasteiger partial charge in [-0.3, -0.25) is 0 Å². The van der Waals surface area contributed by atoms with E-state index in [1.165, 1.54) is 0 Å². The first-order chi connectivity index (χ1) is 7.83. The van der Waals surface area contributed by atoms with Crippen molar-refractivity contribution in [2.45, 2.75) is 51.0 Å². The minimum Gasteiger partial charge on any atom is -0.444 e. The van der Waals surface area contributed by atoms with Crippen LogP contribution >= 0.6 is 0 Å². The molecule has 2 aliphatic rings. The second-order valence-corrected chi connectivity index (χ2v) is 5.95. The highest BCUT2D eigenvalue weighted by Gasteiger charge is 2.54. The first-order valence-electron chi connectivity index (χ1n) is 6.14. The lowest BCUT2D eigenvalue weighted by Gasteiger charge is -2.35. The van der Waals surface area contributed by atoms with Gasteiger partial charge in [0.15, 0.2) is 0 Å². The molecule has 0 aromatic carbocycles. The zero-order valence-electron chi connectivity index (χ0n) is 10.9. The fourth-order valence-corrected chi connectivity index (χ4v) is 2.89. The number of ether oxygens (including phenoxy) is 1. The molecular formula is C12H21FN2O2. The minimum atomic E-state index is -0.980. The molecule has 1 N–H and O–H groups in total. The fourth-order valence-electron chi connectivity index (χ4n) is 2.89. The molecule has 98 valence electrons. The highest BCUT2D eigenvalue weighted by molar-refractivity contribution is 5.69. The number of carbonyl (C=O) groups is 1. The Bertz CT molecular complexity index is 314. The van der Waals surface area contributed by atoms with Crippen LogP contribution in [-0.2, 0) is 4.74 Å². The van der Waals surface area contributed by atoms with Gasteiger partial charge in [0.25, 0.3) is 0 Å². The Hall–Kier alpha value is -0.840. The number of fused-ring (bicyclic) bond motifs is 2. The fraction of sp³-hybridized carbons (Fsp3) is 0.917. The van der Waals surface area contributed by atoms with E-state index in [0.29, 0.717) is 6.54 Å². The summed E-state index contributed by atoms with van der Waals surface area (Å²) in [7, 11) is 1.77. The number of piperidine rings is 1. The van der Waals surface area contributed by atoms with Gasteiger partial charge in [0, 0.05) is 12.6 Å². The maximum atomic E-state index is 14.0. The summed E-state index contributed by atoms with van der Waals surface area (Å²) in [6, 6.07) is -0.425. The largest absolute Gasteiger partial charge is 0.444 e. The van der Waals surface area contributed by atoms with E-state index in [1.54, 1.807) is 11.9 Å². The van der Waals surface area contributed by atoms with Crippen LogP contribution in [0, 0.1) is 5.92 Å². The Morgan fingerprint density at radius 3 is 2.59 bits per heavy atom. The van der Waals surface area contributed by atoms with Crippen LogP contribution in [0.15, 0.2) is 0 Å². The van der Waals surface area contributed by atoms with Crippen LogP contribution in [0.1, 0.15) is 27.2 Å². The van der Waals surface area contributed by atoms with Gasteiger partial charge in [-0.15, -0.1) is 0 Å². The summed E-state index contributed by atoms with van der Waals surface area (Å²) in [4.78, 5) is 13.5. The Morgan fingerprint density at radius 2 is 2.12 bits per heavy atom. The van der Waals surface area contributed by atoms with Crippen LogP contribution in [0.25, 0.3) is 0 Å². The maximum absolute atomic E-state index is 14.0. The first kappa shape index (κ1) is 12.6. The summed E-state index contributed by atoms with van der Waals surface area (Å²) >= 11 is 0. The molecule has 1 saturated carbocycles. The van der Waals surface area contributed by atoms with Gasteiger partial charge in [0.2, 0.25) is 0 Å². The summed E-state index contributed by atoms with van der Waals surface area (Å²) in [5.41, 5.74) is -0.521. The molecule has 0 aromatic heterocycles. The number of hydrogen-bond donors (Lipinski definition) is 1.